The summed E-state index contributed by atoms with van der Waals surface area (Å²) < 4.78 is 20.5. The average molecular weight is 397 g/mol. The predicted octanol–water partition coefficient (Wildman–Crippen LogP) is -2.80. The average Bonchev–Trinajstić information content (AvgIpc) is 2.22. The van der Waals surface area contributed by atoms with Crippen molar-refractivity contribution in [2.24, 2.45) is 0 Å². The van der Waals surface area contributed by atoms with Gasteiger partial charge in [-0.05, 0) is 0 Å². The van der Waals surface area contributed by atoms with Crippen LogP contribution in [0.3, 0.4) is 0 Å². The lowest BCUT2D eigenvalue weighted by Crippen LogP contribution is -2.38. The van der Waals surface area contributed by atoms with Crippen molar-refractivity contribution in [2.75, 3.05) is 26.2 Å². The summed E-state index contributed by atoms with van der Waals surface area (Å²) in [5.41, 5.74) is 0. The second-order valence-electron chi connectivity index (χ2n) is 4.17. The molecule has 0 aromatic rings. The van der Waals surface area contributed by atoms with Crippen LogP contribution in [0.4, 0.5) is 0 Å². The monoisotopic (exact) mass is 397 g/mol. The van der Waals surface area contributed by atoms with Gasteiger partial charge in [0.1, 0.15) is 0 Å². The van der Waals surface area contributed by atoms with Crippen molar-refractivity contribution >= 4 is 33.1 Å². The maximum absolute atomic E-state index is 10.3. The molecule has 0 fully saturated rings. The van der Waals surface area contributed by atoms with Gasteiger partial charge in [0.15, 0.2) is 5.40 Å². The molecule has 0 aromatic carbocycles. The van der Waals surface area contributed by atoms with Crippen molar-refractivity contribution in [3.63, 3.8) is 0 Å². The van der Waals surface area contributed by atoms with Gasteiger partial charge in [0.2, 0.25) is 0 Å². The zero-order chi connectivity index (χ0) is 19.7. The highest BCUT2D eigenvalue weighted by Gasteiger charge is 2.42. The number of rotatable bonds is 9. The Kier molecular flexibility index (Phi) is 10.9. The molecular weight excluding hydrogens is 380 g/mol. The molecule has 0 bridgehead atoms. The third-order valence-electron chi connectivity index (χ3n) is 2.02. The van der Waals surface area contributed by atoms with E-state index >= 15 is 0 Å². The van der Waals surface area contributed by atoms with Crippen LogP contribution < -0.4 is 0 Å². The molecule has 14 nitrogen and oxygen atoms in total. The molecule has 0 aliphatic rings. The smallest absolute Gasteiger partial charge is 0.343 e. The normalized spacial score (nSPS) is 11.8. The Labute approximate surface area is 134 Å². The first kappa shape index (κ1) is 24.9. The fourth-order valence-electron chi connectivity index (χ4n) is 1.15. The van der Waals surface area contributed by atoms with Crippen molar-refractivity contribution in [3.8, 4) is 0 Å². The van der Waals surface area contributed by atoms with E-state index in [0.717, 1.165) is 4.90 Å². The molecular formula is C8H17NO13P2. The minimum absolute atomic E-state index is 0.599. The molecule has 142 valence electrons. The highest BCUT2D eigenvalue weighted by Crippen LogP contribution is 2.59. The van der Waals surface area contributed by atoms with Crippen molar-refractivity contribution in [2.45, 2.75) is 5.40 Å². The molecule has 0 radical (unpaired) electrons. The van der Waals surface area contributed by atoms with E-state index in [1.54, 1.807) is 0 Å². The van der Waals surface area contributed by atoms with E-state index in [1.165, 1.54) is 0 Å². The van der Waals surface area contributed by atoms with Crippen LogP contribution in [0.15, 0.2) is 0 Å². The first-order valence-corrected chi connectivity index (χ1v) is 9.06. The summed E-state index contributed by atoms with van der Waals surface area (Å²) in [6, 6.07) is 0. The van der Waals surface area contributed by atoms with Crippen LogP contribution in [0, 0.1) is 0 Å². The molecule has 0 heterocycles. The highest BCUT2D eigenvalue weighted by atomic mass is 31.2. The lowest BCUT2D eigenvalue weighted by Gasteiger charge is -2.16. The number of nitrogens with zero attached hydrogens (tertiary/aromatic N) is 1. The molecule has 0 saturated carbocycles. The van der Waals surface area contributed by atoms with E-state index in [9.17, 15) is 23.5 Å². The minimum atomic E-state index is -4.91. The number of aliphatic hydroxyl groups is 1. The lowest BCUT2D eigenvalue weighted by molar-refractivity contribution is -0.144. The Morgan fingerprint density at radius 3 is 1.08 bits per heavy atom. The summed E-state index contributed by atoms with van der Waals surface area (Å²) in [4.78, 5) is 64.3. The van der Waals surface area contributed by atoms with Crippen molar-refractivity contribution in [1.29, 1.82) is 0 Å². The molecule has 16 heteroatoms. The second-order valence-corrected chi connectivity index (χ2v) is 8.18. The topological polar surface area (TPSA) is 250 Å². The summed E-state index contributed by atoms with van der Waals surface area (Å²) in [5, 5.41) is 30.8. The molecule has 24 heavy (non-hydrogen) atoms. The Morgan fingerprint density at radius 2 is 1.00 bits per heavy atom. The molecule has 0 spiro atoms. The molecule has 0 amide bonds. The lowest BCUT2D eigenvalue weighted by atomic mass is 10.4. The van der Waals surface area contributed by atoms with Gasteiger partial charge in [-0.15, -0.1) is 0 Å². The van der Waals surface area contributed by atoms with Gasteiger partial charge < -0.3 is 40.0 Å². The SMILES string of the molecule is O=C(O)CN(CC(=O)O)CC(=O)O.O=P(O)(O)C(CO)P(=O)(O)O. The van der Waals surface area contributed by atoms with E-state index in [2.05, 4.69) is 0 Å². The van der Waals surface area contributed by atoms with Crippen LogP contribution in [0.1, 0.15) is 0 Å². The van der Waals surface area contributed by atoms with Crippen LogP contribution in [0.25, 0.3) is 0 Å². The van der Waals surface area contributed by atoms with Gasteiger partial charge in [-0.2, -0.15) is 0 Å². The Bertz CT molecular complexity index is 476. The Balaban J connectivity index is 0. The van der Waals surface area contributed by atoms with E-state index < -0.39 is 64.7 Å². The molecule has 8 N–H and O–H groups in total. The molecule has 0 aliphatic carbocycles. The summed E-state index contributed by atoms with van der Waals surface area (Å²) >= 11 is 0. The van der Waals surface area contributed by atoms with E-state index in [-0.39, 0.29) is 0 Å². The summed E-state index contributed by atoms with van der Waals surface area (Å²) in [6.07, 6.45) is 0. The molecule has 0 aliphatic heterocycles. The predicted molar refractivity (Wildman–Crippen MR) is 74.3 cm³/mol. The van der Waals surface area contributed by atoms with Crippen molar-refractivity contribution in [3.05, 3.63) is 0 Å². The van der Waals surface area contributed by atoms with Gasteiger partial charge in [-0.25, -0.2) is 0 Å². The number of aliphatic hydroxyl groups excluding tert-OH is 1. The first-order valence-electron chi connectivity index (χ1n) is 5.70. The quantitative estimate of drug-likeness (QED) is 0.183. The molecule has 0 atom stereocenters. The third kappa shape index (κ3) is 13.1. The zero-order valence-electron chi connectivity index (χ0n) is 11.9. The largest absolute Gasteiger partial charge is 0.480 e. The summed E-state index contributed by atoms with van der Waals surface area (Å²) in [5.74, 6) is -3.78. The van der Waals surface area contributed by atoms with Gasteiger partial charge >= 0.3 is 33.1 Å². The van der Waals surface area contributed by atoms with Crippen LogP contribution in [0.5, 0.6) is 0 Å². The number of hydrogen-bond acceptors (Lipinski definition) is 7. The number of hydrogen-bond donors (Lipinski definition) is 8. The van der Waals surface area contributed by atoms with Crippen LogP contribution >= 0.6 is 15.2 Å². The molecule has 0 unspecified atom stereocenters. The van der Waals surface area contributed by atoms with Crippen LogP contribution in [-0.4, -0.2) is 94.4 Å². The standard InChI is InChI=1S/C6H9NO6.C2H8O7P2/c8-4(9)1-7(2-5(10)11)3-6(12)13;3-1-2(10(4,5)6)11(7,8)9/h1-3H2,(H,8,9)(H,10,11)(H,12,13);2-3H,1H2,(H2,4,5,6)(H2,7,8,9). The number of aliphatic carboxylic acids is 3. The van der Waals surface area contributed by atoms with Crippen molar-refractivity contribution < 1.29 is 63.5 Å². The second kappa shape index (κ2) is 10.5. The molecule has 0 aromatic heterocycles. The van der Waals surface area contributed by atoms with Gasteiger partial charge in [0.05, 0.1) is 26.2 Å². The van der Waals surface area contributed by atoms with Crippen LogP contribution in [0.2, 0.25) is 0 Å². The maximum atomic E-state index is 10.3. The number of carbonyl (C=O) groups is 3. The fraction of sp³-hybridized carbons (Fsp3) is 0.625. The van der Waals surface area contributed by atoms with Crippen LogP contribution in [-0.2, 0) is 23.5 Å². The first-order chi connectivity index (χ1) is 10.6. The summed E-state index contributed by atoms with van der Waals surface area (Å²) in [6.45, 7) is -3.04. The Hall–Kier alpha value is -1.37. The number of carboxylic acid groups (broad SMARTS) is 3. The molecule has 0 rings (SSSR count). The zero-order valence-corrected chi connectivity index (χ0v) is 13.7. The van der Waals surface area contributed by atoms with E-state index in [0.29, 0.717) is 0 Å². The highest BCUT2D eigenvalue weighted by molar-refractivity contribution is 7.70. The van der Waals surface area contributed by atoms with Gasteiger partial charge in [0.25, 0.3) is 0 Å². The Morgan fingerprint density at radius 1 is 0.750 bits per heavy atom. The minimum Gasteiger partial charge on any atom is -0.480 e. The fourth-order valence-corrected chi connectivity index (χ4v) is 3.14. The number of carboxylic acids is 3. The van der Waals surface area contributed by atoms with E-state index in [1.807, 2.05) is 0 Å². The van der Waals surface area contributed by atoms with Gasteiger partial charge in [-0.3, -0.25) is 28.4 Å². The summed E-state index contributed by atoms with van der Waals surface area (Å²) in [7, 11) is -9.82. The van der Waals surface area contributed by atoms with Gasteiger partial charge in [0, 0.05) is 0 Å². The van der Waals surface area contributed by atoms with Gasteiger partial charge in [-0.1, -0.05) is 0 Å². The third-order valence-corrected chi connectivity index (χ3v) is 5.70. The molecule has 0 saturated heterocycles. The van der Waals surface area contributed by atoms with Crippen molar-refractivity contribution in [1.82, 2.24) is 4.90 Å². The maximum Gasteiger partial charge on any atom is 0.343 e. The van der Waals surface area contributed by atoms with E-state index in [4.69, 9.17) is 40.0 Å².